The first-order valence-corrected chi connectivity index (χ1v) is 9.64. The Labute approximate surface area is 156 Å². The molecule has 3 rings (SSSR count). The van der Waals surface area contributed by atoms with Gasteiger partial charge in [0.25, 0.3) is 5.56 Å². The Morgan fingerprint density at radius 3 is 2.26 bits per heavy atom. The number of aromatic nitrogens is 4. The van der Waals surface area contributed by atoms with Crippen LogP contribution in [0.3, 0.4) is 0 Å². The molecule has 0 saturated carbocycles. The highest BCUT2D eigenvalue weighted by Crippen LogP contribution is 2.30. The predicted octanol–water partition coefficient (Wildman–Crippen LogP) is 0.599. The number of aliphatic hydroxyl groups is 2. The Hall–Kier alpha value is -1.97. The van der Waals surface area contributed by atoms with E-state index < -0.39 is 30.1 Å². The van der Waals surface area contributed by atoms with Crippen LogP contribution >= 0.6 is 0 Å². The molecule has 0 amide bonds. The van der Waals surface area contributed by atoms with Gasteiger partial charge in [-0.2, -0.15) is 0 Å². The smallest absolute Gasteiger partial charge is 0.332 e. The number of aryl methyl sites for hydroxylation is 1. The molecule has 1 saturated heterocycles. The summed E-state index contributed by atoms with van der Waals surface area (Å²) in [5.74, 6) is 0. The van der Waals surface area contributed by atoms with Gasteiger partial charge in [0.15, 0.2) is 17.4 Å². The fourth-order valence-electron chi connectivity index (χ4n) is 3.49. The van der Waals surface area contributed by atoms with Crippen molar-refractivity contribution in [1.82, 2.24) is 18.7 Å². The number of ether oxygens (including phenoxy) is 1. The van der Waals surface area contributed by atoms with E-state index in [9.17, 15) is 19.8 Å². The lowest BCUT2D eigenvalue weighted by atomic mass is 10.1. The molecule has 1 aliphatic heterocycles. The first kappa shape index (κ1) is 19.8. The van der Waals surface area contributed by atoms with Crippen molar-refractivity contribution < 1.29 is 14.9 Å². The predicted molar refractivity (Wildman–Crippen MR) is 99.7 cm³/mol. The fourth-order valence-corrected chi connectivity index (χ4v) is 3.49. The molecule has 0 bridgehead atoms. The third-order valence-electron chi connectivity index (χ3n) is 5.16. The van der Waals surface area contributed by atoms with Gasteiger partial charge in [-0.1, -0.05) is 26.7 Å². The number of fused-ring (bicyclic) bond motifs is 1. The van der Waals surface area contributed by atoms with E-state index in [4.69, 9.17) is 4.74 Å². The number of nitrogens with zero attached hydrogens (tertiary/aromatic N) is 4. The van der Waals surface area contributed by atoms with Crippen LogP contribution in [-0.4, -0.2) is 47.2 Å². The third-order valence-corrected chi connectivity index (χ3v) is 5.16. The summed E-state index contributed by atoms with van der Waals surface area (Å²) in [5.41, 5.74) is -0.303. The molecule has 4 unspecified atom stereocenters. The van der Waals surface area contributed by atoms with Crippen LogP contribution in [0.5, 0.6) is 0 Å². The summed E-state index contributed by atoms with van der Waals surface area (Å²) in [6.07, 6.45) is 0.908. The second-order valence-electron chi connectivity index (χ2n) is 7.14. The van der Waals surface area contributed by atoms with Crippen molar-refractivity contribution in [2.45, 2.75) is 84.1 Å². The molecule has 9 heteroatoms. The summed E-state index contributed by atoms with van der Waals surface area (Å²) >= 11 is 0. The van der Waals surface area contributed by atoms with E-state index in [-0.39, 0.29) is 16.9 Å². The highest BCUT2D eigenvalue weighted by molar-refractivity contribution is 5.70. The molecule has 3 heterocycles. The molecule has 1 fully saturated rings. The van der Waals surface area contributed by atoms with Gasteiger partial charge >= 0.3 is 5.69 Å². The number of imidazole rings is 1. The van der Waals surface area contributed by atoms with Crippen molar-refractivity contribution in [3.05, 3.63) is 27.2 Å². The highest BCUT2D eigenvalue weighted by atomic mass is 16.6. The van der Waals surface area contributed by atoms with Gasteiger partial charge in [-0.25, -0.2) is 9.78 Å². The molecular formula is C18H28N4O5. The molecule has 9 nitrogen and oxygen atoms in total. The largest absolute Gasteiger partial charge is 0.388 e. The molecule has 4 atom stereocenters. The lowest BCUT2D eigenvalue weighted by molar-refractivity contribution is -0.0298. The standard InChI is InChI=1S/C18H28N4O5/c1-4-6-8-20-15-12(16(25)21(18(20)26)9-7-5-2)22(10-19-15)17-14(24)13(23)11(3)27-17/h10-11,13-14,17,23-24H,4-9H2,1-3H3. The summed E-state index contributed by atoms with van der Waals surface area (Å²) in [4.78, 5) is 30.2. The highest BCUT2D eigenvalue weighted by Gasteiger charge is 2.42. The number of rotatable bonds is 7. The van der Waals surface area contributed by atoms with E-state index in [1.54, 1.807) is 6.92 Å². The summed E-state index contributed by atoms with van der Waals surface area (Å²) in [5, 5.41) is 20.3. The number of aliphatic hydroxyl groups excluding tert-OH is 2. The quantitative estimate of drug-likeness (QED) is 0.728. The molecule has 0 aliphatic carbocycles. The lowest BCUT2D eigenvalue weighted by Gasteiger charge is -2.18. The maximum absolute atomic E-state index is 13.1. The third kappa shape index (κ3) is 3.35. The summed E-state index contributed by atoms with van der Waals surface area (Å²) in [6.45, 7) is 6.47. The van der Waals surface area contributed by atoms with E-state index in [2.05, 4.69) is 4.98 Å². The van der Waals surface area contributed by atoms with Gasteiger partial charge in [0.2, 0.25) is 0 Å². The van der Waals surface area contributed by atoms with Crippen LogP contribution in [0, 0.1) is 0 Å². The van der Waals surface area contributed by atoms with Gasteiger partial charge in [0.05, 0.1) is 12.4 Å². The van der Waals surface area contributed by atoms with Crippen LogP contribution in [-0.2, 0) is 17.8 Å². The second kappa shape index (κ2) is 7.95. The molecule has 2 N–H and O–H groups in total. The van der Waals surface area contributed by atoms with Crippen LogP contribution in [0.4, 0.5) is 0 Å². The fraction of sp³-hybridized carbons (Fsp3) is 0.722. The van der Waals surface area contributed by atoms with Gasteiger partial charge in [-0.15, -0.1) is 0 Å². The molecule has 0 radical (unpaired) electrons. The molecule has 27 heavy (non-hydrogen) atoms. The second-order valence-corrected chi connectivity index (χ2v) is 7.14. The zero-order chi connectivity index (χ0) is 19.7. The average molecular weight is 380 g/mol. The Morgan fingerprint density at radius 1 is 1.07 bits per heavy atom. The summed E-state index contributed by atoms with van der Waals surface area (Å²) in [7, 11) is 0. The normalized spacial score (nSPS) is 25.5. The molecular weight excluding hydrogens is 352 g/mol. The summed E-state index contributed by atoms with van der Waals surface area (Å²) < 4.78 is 9.86. The monoisotopic (exact) mass is 380 g/mol. The molecule has 150 valence electrons. The van der Waals surface area contributed by atoms with Crippen molar-refractivity contribution in [3.63, 3.8) is 0 Å². The van der Waals surface area contributed by atoms with Crippen molar-refractivity contribution >= 4 is 11.2 Å². The number of unbranched alkanes of at least 4 members (excludes halogenated alkanes) is 2. The maximum atomic E-state index is 13.1. The summed E-state index contributed by atoms with van der Waals surface area (Å²) in [6, 6.07) is 0. The zero-order valence-electron chi connectivity index (χ0n) is 16.0. The average Bonchev–Trinajstić information content (AvgIpc) is 3.19. The van der Waals surface area contributed by atoms with Gasteiger partial charge in [-0.05, 0) is 19.8 Å². The minimum Gasteiger partial charge on any atom is -0.388 e. The van der Waals surface area contributed by atoms with Crippen molar-refractivity contribution in [1.29, 1.82) is 0 Å². The van der Waals surface area contributed by atoms with Crippen molar-refractivity contribution in [3.8, 4) is 0 Å². The number of hydrogen-bond acceptors (Lipinski definition) is 6. The zero-order valence-corrected chi connectivity index (χ0v) is 16.0. The lowest BCUT2D eigenvalue weighted by Crippen LogP contribution is -2.41. The van der Waals surface area contributed by atoms with E-state index in [0.29, 0.717) is 19.5 Å². The Balaban J connectivity index is 2.20. The SMILES string of the molecule is CCCCn1c(=O)c2c(ncn2C2OC(C)C(O)C2O)n(CCCC)c1=O. The first-order chi connectivity index (χ1) is 12.9. The van der Waals surface area contributed by atoms with E-state index in [1.807, 2.05) is 13.8 Å². The van der Waals surface area contributed by atoms with E-state index >= 15 is 0 Å². The Kier molecular flexibility index (Phi) is 5.83. The molecule has 0 aromatic carbocycles. The molecule has 2 aromatic rings. The van der Waals surface area contributed by atoms with Gasteiger partial charge in [0, 0.05) is 13.1 Å². The van der Waals surface area contributed by atoms with Gasteiger partial charge in [0.1, 0.15) is 12.2 Å². The molecule has 0 spiro atoms. The minimum absolute atomic E-state index is 0.215. The van der Waals surface area contributed by atoms with Gasteiger partial charge in [-0.3, -0.25) is 18.5 Å². The Bertz CT molecular complexity index is 915. The van der Waals surface area contributed by atoms with E-state index in [0.717, 1.165) is 19.3 Å². The first-order valence-electron chi connectivity index (χ1n) is 9.64. The van der Waals surface area contributed by atoms with Gasteiger partial charge < -0.3 is 14.9 Å². The van der Waals surface area contributed by atoms with Crippen molar-refractivity contribution in [2.75, 3.05) is 0 Å². The van der Waals surface area contributed by atoms with Crippen molar-refractivity contribution in [2.24, 2.45) is 0 Å². The Morgan fingerprint density at radius 2 is 1.70 bits per heavy atom. The van der Waals surface area contributed by atoms with Crippen LogP contribution < -0.4 is 11.2 Å². The topological polar surface area (TPSA) is 112 Å². The van der Waals surface area contributed by atoms with Crippen LogP contribution in [0.2, 0.25) is 0 Å². The molecule has 2 aromatic heterocycles. The number of hydrogen-bond donors (Lipinski definition) is 2. The van der Waals surface area contributed by atoms with Crippen LogP contribution in [0.15, 0.2) is 15.9 Å². The minimum atomic E-state index is -1.18. The van der Waals surface area contributed by atoms with Crippen LogP contribution in [0.25, 0.3) is 11.2 Å². The van der Waals surface area contributed by atoms with Crippen LogP contribution in [0.1, 0.15) is 52.7 Å². The maximum Gasteiger partial charge on any atom is 0.332 e. The molecule has 1 aliphatic rings. The van der Waals surface area contributed by atoms with E-state index in [1.165, 1.54) is 20.0 Å².